The summed E-state index contributed by atoms with van der Waals surface area (Å²) in [6.45, 7) is 1.83. The summed E-state index contributed by atoms with van der Waals surface area (Å²) < 4.78 is 1.49. The second kappa shape index (κ2) is 8.72. The SMILES string of the molecule is Cc1ccc(C(=O)Nc2ccc(-n3cc(C#N)c(N)n3)cc2)cc1N1C(=O)C2CCCCC2C1=O. The molecule has 2 aliphatic rings. The third-order valence-electron chi connectivity index (χ3n) is 6.81. The first-order chi connectivity index (χ1) is 16.9. The molecule has 2 atom stereocenters. The van der Waals surface area contributed by atoms with Gasteiger partial charge >= 0.3 is 0 Å². The van der Waals surface area contributed by atoms with E-state index in [0.29, 0.717) is 22.6 Å². The highest BCUT2D eigenvalue weighted by Crippen LogP contribution is 2.41. The van der Waals surface area contributed by atoms with Gasteiger partial charge < -0.3 is 11.1 Å². The van der Waals surface area contributed by atoms with Crippen LogP contribution in [0.4, 0.5) is 17.2 Å². The number of carbonyl (C=O) groups is 3. The van der Waals surface area contributed by atoms with Crippen molar-refractivity contribution in [3.8, 4) is 11.8 Å². The quantitative estimate of drug-likeness (QED) is 0.562. The molecule has 9 nitrogen and oxygen atoms in total. The average molecular weight is 469 g/mol. The number of imide groups is 1. The largest absolute Gasteiger partial charge is 0.381 e. The van der Waals surface area contributed by atoms with Crippen LogP contribution in [0.25, 0.3) is 5.69 Å². The van der Waals surface area contributed by atoms with Crippen LogP contribution in [0.5, 0.6) is 0 Å². The highest BCUT2D eigenvalue weighted by molar-refractivity contribution is 6.22. The number of benzene rings is 2. The summed E-state index contributed by atoms with van der Waals surface area (Å²) in [6.07, 6.45) is 4.94. The minimum atomic E-state index is -0.356. The van der Waals surface area contributed by atoms with E-state index in [2.05, 4.69) is 10.4 Å². The van der Waals surface area contributed by atoms with Gasteiger partial charge in [0.15, 0.2) is 5.82 Å². The Balaban J connectivity index is 1.35. The summed E-state index contributed by atoms with van der Waals surface area (Å²) in [7, 11) is 0. The van der Waals surface area contributed by atoms with Crippen molar-refractivity contribution in [1.82, 2.24) is 9.78 Å². The van der Waals surface area contributed by atoms with Gasteiger partial charge in [-0.3, -0.25) is 14.4 Å². The first-order valence-corrected chi connectivity index (χ1v) is 11.5. The second-order valence-corrected chi connectivity index (χ2v) is 9.00. The zero-order valence-corrected chi connectivity index (χ0v) is 19.2. The van der Waals surface area contributed by atoms with Crippen molar-refractivity contribution < 1.29 is 14.4 Å². The van der Waals surface area contributed by atoms with E-state index in [0.717, 1.165) is 31.2 Å². The van der Waals surface area contributed by atoms with Crippen LogP contribution in [0, 0.1) is 30.1 Å². The van der Waals surface area contributed by atoms with Crippen molar-refractivity contribution in [2.24, 2.45) is 11.8 Å². The van der Waals surface area contributed by atoms with E-state index >= 15 is 0 Å². The van der Waals surface area contributed by atoms with Gasteiger partial charge in [-0.05, 0) is 61.7 Å². The third-order valence-corrected chi connectivity index (χ3v) is 6.81. The molecule has 3 N–H and O–H groups in total. The smallest absolute Gasteiger partial charge is 0.255 e. The maximum atomic E-state index is 13.0. The fourth-order valence-corrected chi connectivity index (χ4v) is 4.90. The highest BCUT2D eigenvalue weighted by Gasteiger charge is 2.49. The molecule has 2 heterocycles. The molecule has 2 fully saturated rings. The summed E-state index contributed by atoms with van der Waals surface area (Å²) in [5.41, 5.74) is 8.82. The van der Waals surface area contributed by atoms with Gasteiger partial charge in [-0.15, -0.1) is 5.10 Å². The molecule has 5 rings (SSSR count). The van der Waals surface area contributed by atoms with Gasteiger partial charge in [-0.2, -0.15) is 5.26 Å². The number of nitrogens with two attached hydrogens (primary N) is 1. The van der Waals surface area contributed by atoms with E-state index in [9.17, 15) is 14.4 Å². The molecule has 176 valence electrons. The number of anilines is 3. The van der Waals surface area contributed by atoms with E-state index in [4.69, 9.17) is 11.0 Å². The molecule has 1 aliphatic heterocycles. The van der Waals surface area contributed by atoms with Crippen molar-refractivity contribution in [2.75, 3.05) is 16.0 Å². The van der Waals surface area contributed by atoms with Gasteiger partial charge in [0.25, 0.3) is 5.91 Å². The Bertz CT molecular complexity index is 1360. The van der Waals surface area contributed by atoms with Gasteiger partial charge in [0, 0.05) is 11.3 Å². The van der Waals surface area contributed by atoms with E-state index < -0.39 is 0 Å². The molecule has 0 radical (unpaired) electrons. The van der Waals surface area contributed by atoms with Crippen LogP contribution >= 0.6 is 0 Å². The first kappa shape index (κ1) is 22.3. The number of hydrogen-bond donors (Lipinski definition) is 2. The summed E-state index contributed by atoms with van der Waals surface area (Å²) in [5.74, 6) is -1.02. The van der Waals surface area contributed by atoms with Crippen LogP contribution in [0.3, 0.4) is 0 Å². The lowest BCUT2D eigenvalue weighted by atomic mass is 9.81. The number of fused-ring (bicyclic) bond motifs is 1. The number of nitrogen functional groups attached to an aromatic ring is 1. The molecule has 2 aromatic carbocycles. The minimum Gasteiger partial charge on any atom is -0.381 e. The highest BCUT2D eigenvalue weighted by atomic mass is 16.2. The third kappa shape index (κ3) is 3.93. The van der Waals surface area contributed by atoms with Crippen molar-refractivity contribution in [3.05, 3.63) is 65.4 Å². The Kier molecular flexibility index (Phi) is 5.57. The molecule has 1 aromatic heterocycles. The number of carbonyl (C=O) groups excluding carboxylic acids is 3. The van der Waals surface area contributed by atoms with E-state index in [1.807, 2.05) is 13.0 Å². The number of amides is 3. The lowest BCUT2D eigenvalue weighted by Crippen LogP contribution is -2.31. The summed E-state index contributed by atoms with van der Waals surface area (Å²) in [6, 6.07) is 13.9. The lowest BCUT2D eigenvalue weighted by molar-refractivity contribution is -0.122. The predicted molar refractivity (Wildman–Crippen MR) is 130 cm³/mol. The summed E-state index contributed by atoms with van der Waals surface area (Å²) >= 11 is 0. The number of rotatable bonds is 4. The molecule has 2 unspecified atom stereocenters. The fraction of sp³-hybridized carbons (Fsp3) is 0.269. The molecule has 0 bridgehead atoms. The molecular weight excluding hydrogens is 444 g/mol. The molecule has 3 amide bonds. The van der Waals surface area contributed by atoms with Gasteiger partial charge in [0.05, 0.1) is 29.4 Å². The Hall–Kier alpha value is -4.45. The van der Waals surface area contributed by atoms with E-state index in [1.54, 1.807) is 42.5 Å². The average Bonchev–Trinajstić information content (AvgIpc) is 3.37. The number of nitrogens with one attached hydrogen (secondary N) is 1. The monoisotopic (exact) mass is 468 g/mol. The number of nitrogens with zero attached hydrogens (tertiary/aromatic N) is 4. The number of hydrogen-bond acceptors (Lipinski definition) is 6. The topological polar surface area (TPSA) is 134 Å². The van der Waals surface area contributed by atoms with Crippen LogP contribution in [-0.2, 0) is 9.59 Å². The molecule has 3 aromatic rings. The maximum Gasteiger partial charge on any atom is 0.255 e. The van der Waals surface area contributed by atoms with Gasteiger partial charge in [0.1, 0.15) is 11.6 Å². The second-order valence-electron chi connectivity index (χ2n) is 9.00. The van der Waals surface area contributed by atoms with Crippen LogP contribution in [0.1, 0.15) is 47.2 Å². The van der Waals surface area contributed by atoms with E-state index in [-0.39, 0.29) is 40.9 Å². The van der Waals surface area contributed by atoms with Crippen LogP contribution in [-0.4, -0.2) is 27.5 Å². The predicted octanol–water partition coefficient (Wildman–Crippen LogP) is 3.57. The Morgan fingerprint density at radius 3 is 2.34 bits per heavy atom. The van der Waals surface area contributed by atoms with Crippen molar-refractivity contribution >= 4 is 34.9 Å². The molecule has 35 heavy (non-hydrogen) atoms. The Morgan fingerprint density at radius 1 is 1.09 bits per heavy atom. The first-order valence-electron chi connectivity index (χ1n) is 11.5. The van der Waals surface area contributed by atoms with Gasteiger partial charge in [0.2, 0.25) is 11.8 Å². The van der Waals surface area contributed by atoms with Gasteiger partial charge in [-0.25, -0.2) is 9.58 Å². The number of aryl methyl sites for hydroxylation is 1. The van der Waals surface area contributed by atoms with Crippen LogP contribution in [0.15, 0.2) is 48.7 Å². The van der Waals surface area contributed by atoms with Crippen molar-refractivity contribution in [3.63, 3.8) is 0 Å². The molecule has 1 saturated carbocycles. The van der Waals surface area contributed by atoms with Gasteiger partial charge in [-0.1, -0.05) is 18.9 Å². The van der Waals surface area contributed by atoms with Crippen molar-refractivity contribution in [2.45, 2.75) is 32.6 Å². The molecule has 9 heteroatoms. The van der Waals surface area contributed by atoms with Crippen LogP contribution in [0.2, 0.25) is 0 Å². The normalized spacial score (nSPS) is 19.4. The molecule has 1 aliphatic carbocycles. The minimum absolute atomic E-state index is 0.147. The standard InChI is InChI=1S/C26H24N6O3/c1-15-6-7-16(12-22(15)32-25(34)20-4-2-3-5-21(20)26(32)35)24(33)29-18-8-10-19(11-9-18)31-14-17(13-27)23(28)30-31/h6-12,14,20-21H,2-5H2,1H3,(H2,28,30)(H,29,33). The Labute approximate surface area is 202 Å². The number of aromatic nitrogens is 2. The lowest BCUT2D eigenvalue weighted by Gasteiger charge is -2.19. The fourth-order valence-electron chi connectivity index (χ4n) is 4.90. The Morgan fingerprint density at radius 2 is 1.74 bits per heavy atom. The molecule has 0 spiro atoms. The molecule has 1 saturated heterocycles. The number of nitriles is 1. The van der Waals surface area contributed by atoms with Crippen molar-refractivity contribution in [1.29, 1.82) is 5.26 Å². The summed E-state index contributed by atoms with van der Waals surface area (Å²) in [5, 5.41) is 16.0. The maximum absolute atomic E-state index is 13.0. The molecular formula is C26H24N6O3. The zero-order chi connectivity index (χ0) is 24.7. The summed E-state index contributed by atoms with van der Waals surface area (Å²) in [4.78, 5) is 40.3. The van der Waals surface area contributed by atoms with E-state index in [1.165, 1.54) is 15.8 Å². The zero-order valence-electron chi connectivity index (χ0n) is 19.2. The van der Waals surface area contributed by atoms with Crippen LogP contribution < -0.4 is 16.0 Å².